The smallest absolute Gasteiger partial charge is 0.0991 e. The Morgan fingerprint density at radius 2 is 1.90 bits per heavy atom. The molecule has 1 aromatic heterocycles. The zero-order valence-corrected chi connectivity index (χ0v) is 13.6. The van der Waals surface area contributed by atoms with Gasteiger partial charge in [-0.25, -0.2) is 4.98 Å². The van der Waals surface area contributed by atoms with Crippen LogP contribution in [0.2, 0.25) is 0 Å². The second kappa shape index (κ2) is 9.64. The third kappa shape index (κ3) is 5.94. The molecule has 0 fully saturated rings. The second-order valence-corrected chi connectivity index (χ2v) is 6.21. The van der Waals surface area contributed by atoms with Crippen molar-refractivity contribution in [2.24, 2.45) is 0 Å². The number of nitrogens with zero attached hydrogens (tertiary/aromatic N) is 2. The normalized spacial score (nSPS) is 10.9. The van der Waals surface area contributed by atoms with E-state index in [9.17, 15) is 0 Å². The van der Waals surface area contributed by atoms with Crippen molar-refractivity contribution in [3.8, 4) is 5.69 Å². The average Bonchev–Trinajstić information content (AvgIpc) is 3.05. The number of hydrogen-bond donors (Lipinski definition) is 1. The molecule has 0 saturated heterocycles. The van der Waals surface area contributed by atoms with E-state index in [1.807, 2.05) is 28.9 Å². The second-order valence-electron chi connectivity index (χ2n) is 5.22. The fraction of sp³-hybridized carbons (Fsp3) is 0.471. The molecule has 0 radical (unpaired) electrons. The topological polar surface area (TPSA) is 29.9 Å². The quantitative estimate of drug-likeness (QED) is 0.675. The van der Waals surface area contributed by atoms with Gasteiger partial charge in [0.1, 0.15) is 0 Å². The third-order valence-corrected chi connectivity index (χ3v) is 4.22. The highest BCUT2D eigenvalue weighted by Crippen LogP contribution is 2.09. The molecule has 2 rings (SSSR count). The molecule has 0 bridgehead atoms. The molecule has 4 heteroatoms. The molecule has 21 heavy (non-hydrogen) atoms. The summed E-state index contributed by atoms with van der Waals surface area (Å²) in [5.74, 6) is 1.30. The summed E-state index contributed by atoms with van der Waals surface area (Å²) in [4.78, 5) is 4.07. The van der Waals surface area contributed by atoms with Crippen LogP contribution in [0.3, 0.4) is 0 Å². The number of hydrogen-bond acceptors (Lipinski definition) is 3. The maximum Gasteiger partial charge on any atom is 0.0991 e. The molecule has 114 valence electrons. The lowest BCUT2D eigenvalue weighted by Gasteiger charge is -2.07. The molecule has 0 saturated carbocycles. The van der Waals surface area contributed by atoms with Crippen molar-refractivity contribution in [1.82, 2.24) is 14.9 Å². The van der Waals surface area contributed by atoms with Crippen LogP contribution in [0.25, 0.3) is 5.69 Å². The summed E-state index contributed by atoms with van der Waals surface area (Å²) in [5, 5.41) is 3.52. The molecule has 0 spiro atoms. The summed E-state index contributed by atoms with van der Waals surface area (Å²) in [6.07, 6.45) is 13.1. The van der Waals surface area contributed by atoms with E-state index in [1.165, 1.54) is 37.0 Å². The minimum atomic E-state index is 0.953. The molecule has 0 aliphatic carbocycles. The molecule has 0 aliphatic heterocycles. The van der Waals surface area contributed by atoms with Crippen molar-refractivity contribution in [3.63, 3.8) is 0 Å². The van der Waals surface area contributed by atoms with E-state index in [-0.39, 0.29) is 0 Å². The SMILES string of the molecule is CSCCCCCCNCc1ccc(-n2ccnc2)cc1. The highest BCUT2D eigenvalue weighted by atomic mass is 32.2. The molecule has 0 atom stereocenters. The van der Waals surface area contributed by atoms with Crippen molar-refractivity contribution >= 4 is 11.8 Å². The molecule has 0 unspecified atom stereocenters. The number of aromatic nitrogens is 2. The zero-order chi connectivity index (χ0) is 14.8. The van der Waals surface area contributed by atoms with Gasteiger partial charge < -0.3 is 9.88 Å². The van der Waals surface area contributed by atoms with Gasteiger partial charge in [0.2, 0.25) is 0 Å². The number of imidazole rings is 1. The lowest BCUT2D eigenvalue weighted by Crippen LogP contribution is -2.14. The van der Waals surface area contributed by atoms with Gasteiger partial charge in [-0.05, 0) is 49.1 Å². The summed E-state index contributed by atoms with van der Waals surface area (Å²) in [7, 11) is 0. The first-order chi connectivity index (χ1) is 10.4. The average molecular weight is 303 g/mol. The van der Waals surface area contributed by atoms with Crippen LogP contribution in [0, 0.1) is 0 Å². The minimum absolute atomic E-state index is 0.953. The van der Waals surface area contributed by atoms with Crippen LogP contribution in [0.1, 0.15) is 31.2 Å². The maximum absolute atomic E-state index is 4.07. The predicted molar refractivity (Wildman–Crippen MR) is 92.1 cm³/mol. The molecule has 1 heterocycles. The lowest BCUT2D eigenvalue weighted by molar-refractivity contribution is 0.599. The molecule has 0 amide bonds. The van der Waals surface area contributed by atoms with Gasteiger partial charge >= 0.3 is 0 Å². The predicted octanol–water partition coefficient (Wildman–Crippen LogP) is 3.89. The van der Waals surface area contributed by atoms with E-state index < -0.39 is 0 Å². The van der Waals surface area contributed by atoms with Gasteiger partial charge in [-0.3, -0.25) is 0 Å². The Bertz CT molecular complexity index is 479. The van der Waals surface area contributed by atoms with Crippen molar-refractivity contribution < 1.29 is 0 Å². The third-order valence-electron chi connectivity index (χ3n) is 3.52. The molecule has 0 aliphatic rings. The van der Waals surface area contributed by atoms with Gasteiger partial charge in [-0.1, -0.05) is 25.0 Å². The summed E-state index contributed by atoms with van der Waals surface area (Å²) in [6, 6.07) is 8.64. The Balaban J connectivity index is 1.61. The Hall–Kier alpha value is -1.26. The van der Waals surface area contributed by atoms with Gasteiger partial charge in [0.05, 0.1) is 6.33 Å². The highest BCUT2D eigenvalue weighted by Gasteiger charge is 1.97. The van der Waals surface area contributed by atoms with Gasteiger partial charge in [-0.2, -0.15) is 11.8 Å². The van der Waals surface area contributed by atoms with Crippen molar-refractivity contribution in [1.29, 1.82) is 0 Å². The monoisotopic (exact) mass is 303 g/mol. The van der Waals surface area contributed by atoms with E-state index in [0.29, 0.717) is 0 Å². The Kier molecular flexibility index (Phi) is 7.39. The van der Waals surface area contributed by atoms with Gasteiger partial charge in [0.25, 0.3) is 0 Å². The molecular weight excluding hydrogens is 278 g/mol. The fourth-order valence-electron chi connectivity index (χ4n) is 2.28. The van der Waals surface area contributed by atoms with Crippen LogP contribution in [-0.4, -0.2) is 28.1 Å². The van der Waals surface area contributed by atoms with Gasteiger partial charge in [-0.15, -0.1) is 0 Å². The largest absolute Gasteiger partial charge is 0.313 e. The van der Waals surface area contributed by atoms with E-state index >= 15 is 0 Å². The zero-order valence-electron chi connectivity index (χ0n) is 12.8. The van der Waals surface area contributed by atoms with Gasteiger partial charge in [0, 0.05) is 24.6 Å². The Labute approximate surface area is 132 Å². The first-order valence-corrected chi connectivity index (χ1v) is 9.06. The molecule has 1 aromatic carbocycles. The standard InChI is InChI=1S/C17H25N3S/c1-21-13-5-3-2-4-10-18-14-16-6-8-17(9-7-16)20-12-11-19-15-20/h6-9,11-12,15,18H,2-5,10,13-14H2,1H3. The van der Waals surface area contributed by atoms with Crippen LogP contribution in [0.4, 0.5) is 0 Å². The highest BCUT2D eigenvalue weighted by molar-refractivity contribution is 7.98. The molecular formula is C17H25N3S. The molecule has 2 aromatic rings. The summed E-state index contributed by atoms with van der Waals surface area (Å²) in [6.45, 7) is 2.07. The number of thioether (sulfide) groups is 1. The van der Waals surface area contributed by atoms with Crippen molar-refractivity contribution in [3.05, 3.63) is 48.5 Å². The summed E-state index contributed by atoms with van der Waals surface area (Å²) in [5.41, 5.74) is 2.49. The van der Waals surface area contributed by atoms with E-state index in [1.54, 1.807) is 6.20 Å². The van der Waals surface area contributed by atoms with E-state index in [4.69, 9.17) is 0 Å². The van der Waals surface area contributed by atoms with Crippen molar-refractivity contribution in [2.45, 2.75) is 32.2 Å². The van der Waals surface area contributed by atoms with E-state index in [0.717, 1.165) is 18.8 Å². The van der Waals surface area contributed by atoms with Crippen LogP contribution in [0.5, 0.6) is 0 Å². The minimum Gasteiger partial charge on any atom is -0.313 e. The molecule has 3 nitrogen and oxygen atoms in total. The molecule has 1 N–H and O–H groups in total. The number of nitrogens with one attached hydrogen (secondary N) is 1. The van der Waals surface area contributed by atoms with Crippen LogP contribution >= 0.6 is 11.8 Å². The van der Waals surface area contributed by atoms with Crippen LogP contribution in [0.15, 0.2) is 43.0 Å². The van der Waals surface area contributed by atoms with Gasteiger partial charge in [0.15, 0.2) is 0 Å². The fourth-order valence-corrected chi connectivity index (χ4v) is 2.77. The van der Waals surface area contributed by atoms with E-state index in [2.05, 4.69) is 40.8 Å². The summed E-state index contributed by atoms with van der Waals surface area (Å²) < 4.78 is 2.02. The number of benzene rings is 1. The van der Waals surface area contributed by atoms with Crippen LogP contribution in [-0.2, 0) is 6.54 Å². The number of rotatable bonds is 10. The number of unbranched alkanes of at least 4 members (excludes halogenated alkanes) is 3. The first kappa shape index (κ1) is 16.1. The first-order valence-electron chi connectivity index (χ1n) is 7.67. The Morgan fingerprint density at radius 1 is 1.10 bits per heavy atom. The van der Waals surface area contributed by atoms with Crippen molar-refractivity contribution in [2.75, 3.05) is 18.6 Å². The maximum atomic E-state index is 4.07. The Morgan fingerprint density at radius 3 is 2.62 bits per heavy atom. The lowest BCUT2D eigenvalue weighted by atomic mass is 10.2. The summed E-state index contributed by atoms with van der Waals surface area (Å²) >= 11 is 1.95. The van der Waals surface area contributed by atoms with Crippen LogP contribution < -0.4 is 5.32 Å².